The molecule has 4 aromatic rings. The van der Waals surface area contributed by atoms with Crippen LogP contribution < -0.4 is 16.0 Å². The lowest BCUT2D eigenvalue weighted by atomic mass is 10.3. The summed E-state index contributed by atoms with van der Waals surface area (Å²) in [6.07, 6.45) is 3.92. The van der Waals surface area contributed by atoms with Gasteiger partial charge in [-0.05, 0) is 13.0 Å². The maximum absolute atomic E-state index is 12.9. The van der Waals surface area contributed by atoms with Gasteiger partial charge < -0.3 is 4.74 Å². The number of aromatic amines is 2. The van der Waals surface area contributed by atoms with Crippen molar-refractivity contribution in [1.29, 1.82) is 0 Å². The summed E-state index contributed by atoms with van der Waals surface area (Å²) in [6, 6.07) is 1.08. The van der Waals surface area contributed by atoms with E-state index in [-0.39, 0.29) is 39.6 Å². The third-order valence-electron chi connectivity index (χ3n) is 4.30. The number of nitrogens with one attached hydrogen (secondary N) is 3. The Labute approximate surface area is 167 Å². The average molecular weight is 433 g/mol. The molecular formula is C16H15N7O6S. The number of hydrogen-bond donors (Lipinski definition) is 3. The molecule has 4 rings (SSSR count). The van der Waals surface area contributed by atoms with E-state index in [1.54, 1.807) is 6.92 Å². The van der Waals surface area contributed by atoms with Gasteiger partial charge >= 0.3 is 11.7 Å². The molecule has 0 aromatic carbocycles. The first kappa shape index (κ1) is 19.4. The molecule has 0 aliphatic heterocycles. The molecule has 0 radical (unpaired) electrons. The maximum Gasteiger partial charge on any atom is 0.345 e. The molecule has 4 aromatic heterocycles. The number of H-pyrrole nitrogens is 2. The fourth-order valence-corrected chi connectivity index (χ4v) is 3.89. The summed E-state index contributed by atoms with van der Waals surface area (Å²) < 4.78 is 35.5. The minimum atomic E-state index is -4.27. The minimum absolute atomic E-state index is 0.0215. The first-order chi connectivity index (χ1) is 14.2. The Balaban J connectivity index is 1.82. The molecule has 0 saturated carbocycles. The number of sulfonamides is 1. The number of ether oxygens (including phenoxy) is 1. The number of fused-ring (bicyclic) bond motifs is 2. The zero-order valence-electron chi connectivity index (χ0n) is 15.7. The van der Waals surface area contributed by atoms with Crippen molar-refractivity contribution in [2.75, 3.05) is 11.3 Å². The Morgan fingerprint density at radius 2 is 2.03 bits per heavy atom. The molecule has 3 N–H and O–H groups in total. The van der Waals surface area contributed by atoms with Crippen LogP contribution in [0.2, 0.25) is 0 Å². The first-order valence-electron chi connectivity index (χ1n) is 8.57. The van der Waals surface area contributed by atoms with E-state index in [1.165, 1.54) is 24.0 Å². The fraction of sp³-hybridized carbons (Fsp3) is 0.188. The molecular weight excluding hydrogens is 418 g/mol. The Bertz CT molecular complexity index is 1530. The van der Waals surface area contributed by atoms with Crippen LogP contribution in [0.1, 0.15) is 17.3 Å². The molecule has 30 heavy (non-hydrogen) atoms. The zero-order chi connectivity index (χ0) is 21.6. The van der Waals surface area contributed by atoms with Crippen LogP contribution in [0.15, 0.2) is 39.1 Å². The highest BCUT2D eigenvalue weighted by Crippen LogP contribution is 2.24. The molecule has 13 nitrogen and oxygen atoms in total. The smallest absolute Gasteiger partial charge is 0.345 e. The van der Waals surface area contributed by atoms with Crippen molar-refractivity contribution in [3.05, 3.63) is 51.1 Å². The molecule has 0 saturated heterocycles. The summed E-state index contributed by atoms with van der Waals surface area (Å²) >= 11 is 0. The molecule has 4 heterocycles. The molecule has 14 heteroatoms. The Kier molecular flexibility index (Phi) is 4.42. The van der Waals surface area contributed by atoms with E-state index in [0.717, 1.165) is 16.8 Å². The number of carbonyl (C=O) groups excluding carboxylic acids is 1. The summed E-state index contributed by atoms with van der Waals surface area (Å²) in [4.78, 5) is 45.8. The number of esters is 1. The predicted octanol–water partition coefficient (Wildman–Crippen LogP) is -0.425. The van der Waals surface area contributed by atoms with Crippen LogP contribution in [0, 0.1) is 0 Å². The molecule has 0 amide bonds. The predicted molar refractivity (Wildman–Crippen MR) is 104 cm³/mol. The lowest BCUT2D eigenvalue weighted by molar-refractivity contribution is 0.0529. The summed E-state index contributed by atoms with van der Waals surface area (Å²) in [6.45, 7) is 1.70. The number of nitrogens with zero attached hydrogens (tertiary/aromatic N) is 4. The summed E-state index contributed by atoms with van der Waals surface area (Å²) in [5.41, 5.74) is -1.35. The SMILES string of the molecule is CCOC(=O)c1c(NS(=O)(=O)c2cnc3c(c2)c(=O)[nH]c(=O)n3C)[nH]n2ccnc12. The molecule has 0 spiro atoms. The van der Waals surface area contributed by atoms with Gasteiger partial charge in [-0.3, -0.25) is 24.2 Å². The molecule has 0 aliphatic carbocycles. The Morgan fingerprint density at radius 3 is 2.77 bits per heavy atom. The van der Waals surface area contributed by atoms with Crippen molar-refractivity contribution in [2.24, 2.45) is 7.05 Å². The maximum atomic E-state index is 12.9. The van der Waals surface area contributed by atoms with E-state index in [2.05, 4.69) is 24.8 Å². The molecule has 0 atom stereocenters. The number of anilines is 1. The van der Waals surface area contributed by atoms with Gasteiger partial charge in [-0.2, -0.15) is 0 Å². The van der Waals surface area contributed by atoms with Crippen LogP contribution in [0.25, 0.3) is 16.7 Å². The highest BCUT2D eigenvalue weighted by Gasteiger charge is 2.26. The van der Waals surface area contributed by atoms with Gasteiger partial charge in [0.2, 0.25) is 0 Å². The number of imidazole rings is 1. The molecule has 156 valence electrons. The number of aryl methyl sites for hydroxylation is 1. The lowest BCUT2D eigenvalue weighted by Crippen LogP contribution is -2.29. The second-order valence-electron chi connectivity index (χ2n) is 6.17. The zero-order valence-corrected chi connectivity index (χ0v) is 16.5. The van der Waals surface area contributed by atoms with Crippen molar-refractivity contribution in [2.45, 2.75) is 11.8 Å². The normalized spacial score (nSPS) is 11.8. The minimum Gasteiger partial charge on any atom is -0.462 e. The van der Waals surface area contributed by atoms with Gasteiger partial charge in [0, 0.05) is 25.6 Å². The van der Waals surface area contributed by atoms with E-state index in [0.29, 0.717) is 0 Å². The Hall–Kier alpha value is -3.94. The number of aromatic nitrogens is 6. The van der Waals surface area contributed by atoms with Crippen LogP contribution >= 0.6 is 0 Å². The van der Waals surface area contributed by atoms with Gasteiger partial charge in [-0.1, -0.05) is 0 Å². The van der Waals surface area contributed by atoms with Crippen molar-refractivity contribution in [3.63, 3.8) is 0 Å². The number of carbonyl (C=O) groups is 1. The molecule has 0 bridgehead atoms. The quantitative estimate of drug-likeness (QED) is 0.356. The Morgan fingerprint density at radius 1 is 1.27 bits per heavy atom. The highest BCUT2D eigenvalue weighted by atomic mass is 32.2. The molecule has 0 aliphatic rings. The van der Waals surface area contributed by atoms with E-state index in [4.69, 9.17) is 4.74 Å². The third-order valence-corrected chi connectivity index (χ3v) is 5.62. The second-order valence-corrected chi connectivity index (χ2v) is 7.85. The number of rotatable bonds is 5. The van der Waals surface area contributed by atoms with Crippen LogP contribution in [0.3, 0.4) is 0 Å². The average Bonchev–Trinajstić information content (AvgIpc) is 3.26. The van der Waals surface area contributed by atoms with Crippen LogP contribution in [0.4, 0.5) is 5.82 Å². The van der Waals surface area contributed by atoms with Gasteiger partial charge in [-0.15, -0.1) is 0 Å². The van der Waals surface area contributed by atoms with Gasteiger partial charge in [0.1, 0.15) is 16.1 Å². The van der Waals surface area contributed by atoms with Crippen molar-refractivity contribution in [3.8, 4) is 0 Å². The number of hydrogen-bond acceptors (Lipinski definition) is 8. The lowest BCUT2D eigenvalue weighted by Gasteiger charge is -2.09. The standard InChI is InChI=1S/C16H15N7O6S/c1-3-29-15(25)10-11(20-23-5-4-17-13(10)23)21-30(27,28)8-6-9-12(18-7-8)22(2)16(26)19-14(9)24/h4-7,20-21H,3H2,1-2H3,(H,19,24,26). The summed E-state index contributed by atoms with van der Waals surface area (Å²) in [5, 5.41) is 2.61. The van der Waals surface area contributed by atoms with Crippen molar-refractivity contribution in [1.82, 2.24) is 29.1 Å². The van der Waals surface area contributed by atoms with E-state index in [9.17, 15) is 22.8 Å². The van der Waals surface area contributed by atoms with Gasteiger partial charge in [-0.25, -0.2) is 32.5 Å². The van der Waals surface area contributed by atoms with Gasteiger partial charge in [0.15, 0.2) is 11.5 Å². The largest absolute Gasteiger partial charge is 0.462 e. The highest BCUT2D eigenvalue weighted by molar-refractivity contribution is 7.92. The van der Waals surface area contributed by atoms with E-state index in [1.807, 2.05) is 0 Å². The van der Waals surface area contributed by atoms with Crippen LogP contribution in [0.5, 0.6) is 0 Å². The topological polar surface area (TPSA) is 173 Å². The molecule has 0 fully saturated rings. The summed E-state index contributed by atoms with van der Waals surface area (Å²) in [5.74, 6) is -0.929. The van der Waals surface area contributed by atoms with Crippen LogP contribution in [-0.4, -0.2) is 50.1 Å². The van der Waals surface area contributed by atoms with Gasteiger partial charge in [0.05, 0.1) is 12.0 Å². The third kappa shape index (κ3) is 3.02. The van der Waals surface area contributed by atoms with Crippen molar-refractivity contribution >= 4 is 38.5 Å². The van der Waals surface area contributed by atoms with Crippen molar-refractivity contribution < 1.29 is 17.9 Å². The van der Waals surface area contributed by atoms with E-state index < -0.39 is 27.2 Å². The number of pyridine rings is 1. The fourth-order valence-electron chi connectivity index (χ4n) is 2.89. The first-order valence-corrected chi connectivity index (χ1v) is 10.0. The van der Waals surface area contributed by atoms with E-state index >= 15 is 0 Å². The van der Waals surface area contributed by atoms with Gasteiger partial charge in [0.25, 0.3) is 15.6 Å². The molecule has 0 unspecified atom stereocenters. The van der Waals surface area contributed by atoms with Crippen LogP contribution in [-0.2, 0) is 21.8 Å². The summed E-state index contributed by atoms with van der Waals surface area (Å²) in [7, 11) is -2.88. The second kappa shape index (κ2) is 6.84. The monoisotopic (exact) mass is 433 g/mol.